The van der Waals surface area contributed by atoms with Crippen LogP contribution in [-0.2, 0) is 19.4 Å². The molecular weight excluding hydrogens is 344 g/mol. The first-order valence-electron chi connectivity index (χ1n) is 9.95. The van der Waals surface area contributed by atoms with Gasteiger partial charge in [0.15, 0.2) is 0 Å². The number of imidazole rings is 1. The molecule has 3 heteroatoms. The van der Waals surface area contributed by atoms with E-state index >= 15 is 0 Å². The van der Waals surface area contributed by atoms with Crippen LogP contribution in [0.25, 0.3) is 11.0 Å². The van der Waals surface area contributed by atoms with Gasteiger partial charge >= 0.3 is 0 Å². The number of aryl methyl sites for hydroxylation is 2. The minimum absolute atomic E-state index is 0.618. The van der Waals surface area contributed by atoms with Crippen LogP contribution < -0.4 is 4.74 Å². The predicted octanol–water partition coefficient (Wildman–Crippen LogP) is 5.58. The zero-order valence-corrected chi connectivity index (χ0v) is 16.6. The molecule has 0 amide bonds. The summed E-state index contributed by atoms with van der Waals surface area (Å²) in [4.78, 5) is 4.90. The van der Waals surface area contributed by atoms with Crippen LogP contribution in [0.15, 0.2) is 72.8 Å². The number of benzene rings is 3. The summed E-state index contributed by atoms with van der Waals surface area (Å²) >= 11 is 0. The van der Waals surface area contributed by atoms with E-state index in [0.29, 0.717) is 6.61 Å². The quantitative estimate of drug-likeness (QED) is 0.425. The molecule has 142 valence electrons. The van der Waals surface area contributed by atoms with Gasteiger partial charge in [-0.1, -0.05) is 55.5 Å². The molecule has 0 atom stereocenters. The van der Waals surface area contributed by atoms with Crippen molar-refractivity contribution < 1.29 is 4.74 Å². The maximum absolute atomic E-state index is 6.01. The lowest BCUT2D eigenvalue weighted by Crippen LogP contribution is -2.12. The van der Waals surface area contributed by atoms with Gasteiger partial charge in [0.2, 0.25) is 0 Å². The maximum atomic E-state index is 6.01. The van der Waals surface area contributed by atoms with Crippen LogP contribution in [0.1, 0.15) is 29.4 Å². The normalized spacial score (nSPS) is 11.1. The van der Waals surface area contributed by atoms with Gasteiger partial charge in [0.05, 0.1) is 17.6 Å². The van der Waals surface area contributed by atoms with Crippen LogP contribution in [0, 0.1) is 6.92 Å². The number of rotatable bonds is 7. The van der Waals surface area contributed by atoms with E-state index in [1.165, 1.54) is 16.7 Å². The SMILES string of the molecule is CCc1ccc(OCCn2c(Cc3ccccc3C)nc3ccccc32)cc1. The van der Waals surface area contributed by atoms with E-state index in [2.05, 4.69) is 85.1 Å². The van der Waals surface area contributed by atoms with E-state index in [-0.39, 0.29) is 0 Å². The highest BCUT2D eigenvalue weighted by Crippen LogP contribution is 2.20. The highest BCUT2D eigenvalue weighted by atomic mass is 16.5. The van der Waals surface area contributed by atoms with Gasteiger partial charge in [-0.05, 0) is 54.3 Å². The number of hydrogen-bond donors (Lipinski definition) is 0. The summed E-state index contributed by atoms with van der Waals surface area (Å²) in [5, 5.41) is 0. The number of para-hydroxylation sites is 2. The van der Waals surface area contributed by atoms with Gasteiger partial charge in [0.25, 0.3) is 0 Å². The van der Waals surface area contributed by atoms with E-state index in [1.807, 2.05) is 6.07 Å². The first-order valence-corrected chi connectivity index (χ1v) is 9.95. The molecular formula is C25H26N2O. The van der Waals surface area contributed by atoms with E-state index in [4.69, 9.17) is 9.72 Å². The fourth-order valence-electron chi connectivity index (χ4n) is 3.56. The third-order valence-corrected chi connectivity index (χ3v) is 5.26. The Kier molecular flexibility index (Phi) is 5.43. The molecule has 0 unspecified atom stereocenters. The van der Waals surface area contributed by atoms with E-state index in [1.54, 1.807) is 0 Å². The summed E-state index contributed by atoms with van der Waals surface area (Å²) < 4.78 is 8.30. The molecule has 4 aromatic rings. The second-order valence-electron chi connectivity index (χ2n) is 7.12. The van der Waals surface area contributed by atoms with Crippen molar-refractivity contribution in [3.8, 4) is 5.75 Å². The zero-order valence-electron chi connectivity index (χ0n) is 16.6. The van der Waals surface area contributed by atoms with Gasteiger partial charge in [0, 0.05) is 6.42 Å². The number of ether oxygens (including phenoxy) is 1. The topological polar surface area (TPSA) is 27.1 Å². The number of nitrogens with zero attached hydrogens (tertiary/aromatic N) is 2. The lowest BCUT2D eigenvalue weighted by Gasteiger charge is -2.12. The third kappa shape index (κ3) is 3.94. The Bertz CT molecular complexity index is 1060. The van der Waals surface area contributed by atoms with Gasteiger partial charge < -0.3 is 9.30 Å². The zero-order chi connectivity index (χ0) is 19.3. The van der Waals surface area contributed by atoms with E-state index in [9.17, 15) is 0 Å². The third-order valence-electron chi connectivity index (χ3n) is 5.26. The Labute approximate surface area is 166 Å². The Morgan fingerprint density at radius 3 is 2.43 bits per heavy atom. The molecule has 0 aliphatic rings. The predicted molar refractivity (Wildman–Crippen MR) is 115 cm³/mol. The molecule has 0 saturated heterocycles. The van der Waals surface area contributed by atoms with Crippen LogP contribution in [0.4, 0.5) is 0 Å². The van der Waals surface area contributed by atoms with Gasteiger partial charge in [-0.25, -0.2) is 4.98 Å². The van der Waals surface area contributed by atoms with Gasteiger partial charge in [0.1, 0.15) is 18.2 Å². The Morgan fingerprint density at radius 2 is 1.64 bits per heavy atom. The monoisotopic (exact) mass is 370 g/mol. The van der Waals surface area contributed by atoms with Crippen molar-refractivity contribution in [2.75, 3.05) is 6.61 Å². The summed E-state index contributed by atoms with van der Waals surface area (Å²) in [6.45, 7) is 5.71. The Hall–Kier alpha value is -3.07. The van der Waals surface area contributed by atoms with Crippen molar-refractivity contribution in [2.24, 2.45) is 0 Å². The van der Waals surface area contributed by atoms with Gasteiger partial charge in [-0.2, -0.15) is 0 Å². The van der Waals surface area contributed by atoms with Crippen molar-refractivity contribution in [3.05, 3.63) is 95.3 Å². The standard InChI is InChI=1S/C25H26N2O/c1-3-20-12-14-22(15-13-20)28-17-16-27-24-11-7-6-10-23(24)26-25(27)18-21-9-5-4-8-19(21)2/h4-15H,3,16-18H2,1-2H3. The van der Waals surface area contributed by atoms with Crippen molar-refractivity contribution in [3.63, 3.8) is 0 Å². The molecule has 0 N–H and O–H groups in total. The van der Waals surface area contributed by atoms with E-state index in [0.717, 1.165) is 42.0 Å². The van der Waals surface area contributed by atoms with Crippen LogP contribution >= 0.6 is 0 Å². The molecule has 4 rings (SSSR count). The summed E-state index contributed by atoms with van der Waals surface area (Å²) in [7, 11) is 0. The smallest absolute Gasteiger partial charge is 0.119 e. The Balaban J connectivity index is 1.55. The number of hydrogen-bond acceptors (Lipinski definition) is 2. The summed E-state index contributed by atoms with van der Waals surface area (Å²) in [6, 6.07) is 25.2. The van der Waals surface area contributed by atoms with Crippen molar-refractivity contribution >= 4 is 11.0 Å². The van der Waals surface area contributed by atoms with Gasteiger partial charge in [-0.15, -0.1) is 0 Å². The first kappa shape index (κ1) is 18.3. The first-order chi connectivity index (χ1) is 13.7. The molecule has 0 saturated carbocycles. The van der Waals surface area contributed by atoms with E-state index < -0.39 is 0 Å². The second kappa shape index (κ2) is 8.30. The van der Waals surface area contributed by atoms with Gasteiger partial charge in [-0.3, -0.25) is 0 Å². The molecule has 0 fully saturated rings. The molecule has 3 nitrogen and oxygen atoms in total. The molecule has 0 bridgehead atoms. The van der Waals surface area contributed by atoms with Crippen molar-refractivity contribution in [1.29, 1.82) is 0 Å². The average Bonchev–Trinajstić information content (AvgIpc) is 3.07. The number of fused-ring (bicyclic) bond motifs is 1. The summed E-state index contributed by atoms with van der Waals surface area (Å²) in [6.07, 6.45) is 1.87. The maximum Gasteiger partial charge on any atom is 0.119 e. The van der Waals surface area contributed by atoms with Crippen LogP contribution in [-0.4, -0.2) is 16.2 Å². The minimum Gasteiger partial charge on any atom is -0.492 e. The fraction of sp³-hybridized carbons (Fsp3) is 0.240. The average molecular weight is 370 g/mol. The van der Waals surface area contributed by atoms with Crippen LogP contribution in [0.2, 0.25) is 0 Å². The highest BCUT2D eigenvalue weighted by Gasteiger charge is 2.12. The molecule has 0 spiro atoms. The largest absolute Gasteiger partial charge is 0.492 e. The number of aromatic nitrogens is 2. The lowest BCUT2D eigenvalue weighted by molar-refractivity contribution is 0.298. The molecule has 28 heavy (non-hydrogen) atoms. The molecule has 1 heterocycles. The molecule has 0 aliphatic heterocycles. The molecule has 0 radical (unpaired) electrons. The van der Waals surface area contributed by atoms with Crippen molar-refractivity contribution in [2.45, 2.75) is 33.2 Å². The molecule has 3 aromatic carbocycles. The molecule has 0 aliphatic carbocycles. The van der Waals surface area contributed by atoms with Crippen LogP contribution in [0.3, 0.4) is 0 Å². The second-order valence-corrected chi connectivity index (χ2v) is 7.12. The lowest BCUT2D eigenvalue weighted by atomic mass is 10.1. The highest BCUT2D eigenvalue weighted by molar-refractivity contribution is 5.76. The summed E-state index contributed by atoms with van der Waals surface area (Å²) in [5.74, 6) is 2.00. The van der Waals surface area contributed by atoms with Crippen LogP contribution in [0.5, 0.6) is 5.75 Å². The minimum atomic E-state index is 0.618. The van der Waals surface area contributed by atoms with Crippen molar-refractivity contribution in [1.82, 2.24) is 9.55 Å². The summed E-state index contributed by atoms with van der Waals surface area (Å²) in [5.41, 5.74) is 6.14. The Morgan fingerprint density at radius 1 is 0.893 bits per heavy atom. The molecule has 1 aromatic heterocycles. The fourth-order valence-corrected chi connectivity index (χ4v) is 3.56.